The van der Waals surface area contributed by atoms with E-state index in [-0.39, 0.29) is 29.3 Å². The number of aliphatic hydroxyl groups excluding tert-OH is 1. The number of urea groups is 1. The number of carbonyl (C=O) groups excluding carboxylic acids is 1. The van der Waals surface area contributed by atoms with Gasteiger partial charge in [-0.15, -0.1) is 0 Å². The summed E-state index contributed by atoms with van der Waals surface area (Å²) in [6.07, 6.45) is 11.0. The molecule has 1 aromatic carbocycles. The highest BCUT2D eigenvalue weighted by Gasteiger charge is 2.57. The molecule has 1 aromatic heterocycles. The molecule has 2 amide bonds. The highest BCUT2D eigenvalue weighted by atomic mass is 19.1. The van der Waals surface area contributed by atoms with Gasteiger partial charge >= 0.3 is 6.03 Å². The molecule has 39 heavy (non-hydrogen) atoms. The summed E-state index contributed by atoms with van der Waals surface area (Å²) in [4.78, 5) is 16.6. The van der Waals surface area contributed by atoms with E-state index >= 15 is 4.39 Å². The number of halogens is 1. The Labute approximate surface area is 229 Å². The van der Waals surface area contributed by atoms with Crippen molar-refractivity contribution in [3.05, 3.63) is 42.1 Å². The lowest BCUT2D eigenvalue weighted by Gasteiger charge is -2.62. The normalized spacial score (nSPS) is 33.5. The molecule has 0 radical (unpaired) electrons. The number of hydrogen-bond acceptors (Lipinski definition) is 5. The maximum atomic E-state index is 15.0. The van der Waals surface area contributed by atoms with Crippen molar-refractivity contribution in [2.24, 2.45) is 29.1 Å². The topological polar surface area (TPSA) is 100 Å². The summed E-state index contributed by atoms with van der Waals surface area (Å²) in [7, 11) is 0. The van der Waals surface area contributed by atoms with Crippen LogP contribution in [-0.2, 0) is 4.74 Å². The molecule has 1 saturated heterocycles. The molecule has 2 aromatic rings. The minimum Gasteiger partial charge on any atom is -0.392 e. The molecule has 4 unspecified atom stereocenters. The first-order valence-corrected chi connectivity index (χ1v) is 14.8. The van der Waals surface area contributed by atoms with Crippen LogP contribution in [0, 0.1) is 34.9 Å². The molecule has 6 aliphatic rings. The number of fused-ring (bicyclic) bond motifs is 3. The number of amides is 2. The van der Waals surface area contributed by atoms with Crippen LogP contribution < -0.4 is 16.0 Å². The maximum Gasteiger partial charge on any atom is 0.316 e. The number of nitrogens with one attached hydrogen (secondary N) is 3. The van der Waals surface area contributed by atoms with Crippen LogP contribution in [0.2, 0.25) is 0 Å². The summed E-state index contributed by atoms with van der Waals surface area (Å²) in [5.41, 5.74) is 2.46. The van der Waals surface area contributed by atoms with Gasteiger partial charge in [-0.05, 0) is 86.5 Å². The molecule has 4 aliphatic carbocycles. The summed E-state index contributed by atoms with van der Waals surface area (Å²) >= 11 is 0. The van der Waals surface area contributed by atoms with E-state index in [1.807, 2.05) is 6.07 Å². The second kappa shape index (κ2) is 10.2. The Kier molecular flexibility index (Phi) is 6.64. The third-order valence-corrected chi connectivity index (χ3v) is 10.6. The highest BCUT2D eigenvalue weighted by Crippen LogP contribution is 2.64. The quantitative estimate of drug-likeness (QED) is 0.303. The molecule has 8 rings (SSSR count). The number of benzene rings is 1. The van der Waals surface area contributed by atoms with E-state index in [4.69, 9.17) is 4.74 Å². The van der Waals surface area contributed by atoms with E-state index in [0.717, 1.165) is 49.9 Å². The second-order valence-electron chi connectivity index (χ2n) is 12.8. The van der Waals surface area contributed by atoms with Crippen LogP contribution in [0.3, 0.4) is 0 Å². The molecule has 4 saturated carbocycles. The van der Waals surface area contributed by atoms with Gasteiger partial charge in [-0.3, -0.25) is 5.32 Å². The molecule has 210 valence electrons. The van der Waals surface area contributed by atoms with Crippen molar-refractivity contribution in [3.8, 4) is 11.3 Å². The standard InChI is InChI=1S/C30H40FN5O3/c31-24-3-1-2-22-26-15-33-17-36(26)25(28(22)24)10-27(37)30-11-18-8-19(12-30)23(20(9-18)13-30)14-32-16-34-29(38)35-21-4-6-39-7-5-21/h1-3,15,17-21,23,25,27,32,37H,4-14,16H2,(H2,34,35,38). The van der Waals surface area contributed by atoms with Crippen LogP contribution in [0.25, 0.3) is 11.3 Å². The van der Waals surface area contributed by atoms with Gasteiger partial charge in [0.2, 0.25) is 0 Å². The zero-order chi connectivity index (χ0) is 26.6. The van der Waals surface area contributed by atoms with Crippen molar-refractivity contribution >= 4 is 6.03 Å². The summed E-state index contributed by atoms with van der Waals surface area (Å²) in [5, 5.41) is 21.3. The van der Waals surface area contributed by atoms with Gasteiger partial charge in [0.25, 0.3) is 0 Å². The average molecular weight is 538 g/mol. The van der Waals surface area contributed by atoms with Gasteiger partial charge in [0.15, 0.2) is 0 Å². The minimum absolute atomic E-state index is 0.0798. The molecule has 3 heterocycles. The zero-order valence-corrected chi connectivity index (χ0v) is 22.4. The first-order valence-electron chi connectivity index (χ1n) is 14.8. The molecule has 9 heteroatoms. The summed E-state index contributed by atoms with van der Waals surface area (Å²) in [6, 6.07) is 5.12. The molecule has 4 N–H and O–H groups in total. The summed E-state index contributed by atoms with van der Waals surface area (Å²) in [5.74, 6) is 2.23. The lowest BCUT2D eigenvalue weighted by atomic mass is 9.44. The van der Waals surface area contributed by atoms with Crippen molar-refractivity contribution in [3.63, 3.8) is 0 Å². The predicted octanol–water partition coefficient (Wildman–Crippen LogP) is 3.81. The van der Waals surface area contributed by atoms with Crippen molar-refractivity contribution in [2.75, 3.05) is 26.4 Å². The van der Waals surface area contributed by atoms with E-state index in [0.29, 0.717) is 55.5 Å². The van der Waals surface area contributed by atoms with Crippen molar-refractivity contribution in [1.82, 2.24) is 25.5 Å². The van der Waals surface area contributed by atoms with Crippen LogP contribution in [-0.4, -0.2) is 59.3 Å². The predicted molar refractivity (Wildman–Crippen MR) is 144 cm³/mol. The van der Waals surface area contributed by atoms with Crippen molar-refractivity contribution < 1.29 is 19.0 Å². The average Bonchev–Trinajstić information content (AvgIpc) is 3.51. The van der Waals surface area contributed by atoms with Crippen LogP contribution in [0.1, 0.15) is 63.0 Å². The molecule has 5 fully saturated rings. The van der Waals surface area contributed by atoms with Gasteiger partial charge in [0, 0.05) is 36.9 Å². The van der Waals surface area contributed by atoms with E-state index in [9.17, 15) is 9.90 Å². The van der Waals surface area contributed by atoms with E-state index in [1.165, 1.54) is 18.9 Å². The molecule has 0 spiro atoms. The Morgan fingerprint density at radius 1 is 1.21 bits per heavy atom. The van der Waals surface area contributed by atoms with E-state index in [2.05, 4.69) is 25.5 Å². The molecular formula is C30H40FN5O3. The Morgan fingerprint density at radius 3 is 2.79 bits per heavy atom. The first kappa shape index (κ1) is 25.5. The number of hydrogen-bond donors (Lipinski definition) is 4. The lowest BCUT2D eigenvalue weighted by Crippen LogP contribution is -2.57. The van der Waals surface area contributed by atoms with Gasteiger partial charge in [0.1, 0.15) is 5.82 Å². The Bertz CT molecular complexity index is 1200. The Morgan fingerprint density at radius 2 is 2.00 bits per heavy atom. The maximum absolute atomic E-state index is 15.0. The Hall–Kier alpha value is -2.49. The zero-order valence-electron chi connectivity index (χ0n) is 22.4. The third kappa shape index (κ3) is 4.56. The SMILES string of the molecule is O=C(NCNCC1C2CC3CC1CC(C(O)CC1c4c(F)cccc4-c4cncn41)(C3)C2)NC1CCOCC1. The van der Waals surface area contributed by atoms with Crippen LogP contribution in [0.4, 0.5) is 9.18 Å². The molecule has 8 nitrogen and oxygen atoms in total. The third-order valence-electron chi connectivity index (χ3n) is 10.6. The number of rotatable bonds is 8. The van der Waals surface area contributed by atoms with Crippen molar-refractivity contribution in [1.29, 1.82) is 0 Å². The summed E-state index contributed by atoms with van der Waals surface area (Å²) in [6.45, 7) is 2.77. The fraction of sp³-hybridized carbons (Fsp3) is 0.667. The molecule has 2 aliphatic heterocycles. The van der Waals surface area contributed by atoms with Crippen LogP contribution >= 0.6 is 0 Å². The van der Waals surface area contributed by atoms with Crippen LogP contribution in [0.5, 0.6) is 0 Å². The fourth-order valence-corrected chi connectivity index (χ4v) is 9.09. The van der Waals surface area contributed by atoms with Gasteiger partial charge in [0.05, 0.1) is 37.0 Å². The van der Waals surface area contributed by atoms with Gasteiger partial charge in [-0.25, -0.2) is 14.2 Å². The number of nitrogens with zero attached hydrogens (tertiary/aromatic N) is 2. The lowest BCUT2D eigenvalue weighted by molar-refractivity contribution is -0.149. The smallest absolute Gasteiger partial charge is 0.316 e. The number of aromatic nitrogens is 2. The highest BCUT2D eigenvalue weighted by molar-refractivity contribution is 5.74. The number of ether oxygens (including phenoxy) is 1. The van der Waals surface area contributed by atoms with Gasteiger partial charge < -0.3 is 25.0 Å². The van der Waals surface area contributed by atoms with Crippen molar-refractivity contribution in [2.45, 2.75) is 69.6 Å². The van der Waals surface area contributed by atoms with E-state index < -0.39 is 6.10 Å². The van der Waals surface area contributed by atoms with Gasteiger partial charge in [-0.1, -0.05) is 12.1 Å². The molecule has 4 atom stereocenters. The first-order chi connectivity index (χ1) is 19.0. The number of aliphatic hydroxyl groups is 1. The fourth-order valence-electron chi connectivity index (χ4n) is 9.09. The van der Waals surface area contributed by atoms with Crippen LogP contribution in [0.15, 0.2) is 30.7 Å². The second-order valence-corrected chi connectivity index (χ2v) is 12.8. The summed E-state index contributed by atoms with van der Waals surface area (Å²) < 4.78 is 22.4. The molecule has 4 bridgehead atoms. The van der Waals surface area contributed by atoms with Gasteiger partial charge in [-0.2, -0.15) is 0 Å². The largest absolute Gasteiger partial charge is 0.392 e. The van der Waals surface area contributed by atoms with E-state index in [1.54, 1.807) is 18.6 Å². The minimum atomic E-state index is -0.471. The number of imidazole rings is 1. The Balaban J connectivity index is 0.969. The monoisotopic (exact) mass is 537 g/mol. The number of carbonyl (C=O) groups is 1. The molecular weight excluding hydrogens is 497 g/mol.